The van der Waals surface area contributed by atoms with Crippen LogP contribution >= 0.6 is 0 Å². The molecule has 2 rings (SSSR count). The first-order valence-electron chi connectivity index (χ1n) is 5.94. The zero-order valence-corrected chi connectivity index (χ0v) is 10.9. The van der Waals surface area contributed by atoms with Crippen LogP contribution in [0.25, 0.3) is 0 Å². The summed E-state index contributed by atoms with van der Waals surface area (Å²) in [5.74, 6) is 0.249. The van der Waals surface area contributed by atoms with E-state index in [0.29, 0.717) is 35.1 Å². The summed E-state index contributed by atoms with van der Waals surface area (Å²) < 4.78 is 7.36. The van der Waals surface area contributed by atoms with E-state index >= 15 is 0 Å². The average molecular weight is 260 g/mol. The van der Waals surface area contributed by atoms with Crippen molar-refractivity contribution < 1.29 is 9.53 Å². The molecule has 0 aliphatic heterocycles. The number of anilines is 1. The predicted octanol–water partition coefficient (Wildman–Crippen LogP) is 1.68. The summed E-state index contributed by atoms with van der Waals surface area (Å²) in [4.78, 5) is 11.3. The second kappa shape index (κ2) is 5.01. The number of nitrogens with two attached hydrogens (primary N) is 2. The SMILES string of the molecule is CCn1nc(C)c(N)c1Oc1ccccc1C(N)=O. The number of hydrogen-bond donors (Lipinski definition) is 2. The molecule has 0 saturated carbocycles. The van der Waals surface area contributed by atoms with Gasteiger partial charge < -0.3 is 16.2 Å². The number of carbonyl (C=O) groups excluding carboxylic acids is 1. The number of nitrogen functional groups attached to an aromatic ring is 1. The fourth-order valence-corrected chi connectivity index (χ4v) is 1.76. The Morgan fingerprint density at radius 1 is 1.42 bits per heavy atom. The Bertz CT molecular complexity index is 619. The van der Waals surface area contributed by atoms with E-state index in [2.05, 4.69) is 5.10 Å². The monoisotopic (exact) mass is 260 g/mol. The molecule has 0 radical (unpaired) electrons. The fraction of sp³-hybridized carbons (Fsp3) is 0.231. The average Bonchev–Trinajstić information content (AvgIpc) is 2.67. The van der Waals surface area contributed by atoms with Gasteiger partial charge in [-0.25, -0.2) is 4.68 Å². The molecule has 6 heteroatoms. The molecular weight excluding hydrogens is 244 g/mol. The van der Waals surface area contributed by atoms with Gasteiger partial charge in [0, 0.05) is 6.54 Å². The minimum atomic E-state index is -0.548. The van der Waals surface area contributed by atoms with Gasteiger partial charge in [-0.2, -0.15) is 5.10 Å². The Labute approximate surface area is 111 Å². The molecule has 0 fully saturated rings. The van der Waals surface area contributed by atoms with Gasteiger partial charge in [-0.05, 0) is 26.0 Å². The summed E-state index contributed by atoms with van der Waals surface area (Å²) in [6.07, 6.45) is 0. The van der Waals surface area contributed by atoms with Crippen LogP contribution < -0.4 is 16.2 Å². The Kier molecular flexibility index (Phi) is 3.41. The van der Waals surface area contributed by atoms with Gasteiger partial charge in [-0.1, -0.05) is 12.1 Å². The third-order valence-corrected chi connectivity index (χ3v) is 2.78. The second-order valence-electron chi connectivity index (χ2n) is 4.08. The van der Waals surface area contributed by atoms with E-state index in [0.717, 1.165) is 0 Å². The lowest BCUT2D eigenvalue weighted by atomic mass is 10.2. The van der Waals surface area contributed by atoms with Crippen LogP contribution in [-0.2, 0) is 6.54 Å². The summed E-state index contributed by atoms with van der Waals surface area (Å²) >= 11 is 0. The van der Waals surface area contributed by atoms with E-state index < -0.39 is 5.91 Å². The summed E-state index contributed by atoms with van der Waals surface area (Å²) in [5, 5.41) is 4.25. The number of carbonyl (C=O) groups is 1. The minimum Gasteiger partial charge on any atom is -0.436 e. The van der Waals surface area contributed by atoms with Crippen molar-refractivity contribution in [1.82, 2.24) is 9.78 Å². The van der Waals surface area contributed by atoms with E-state index in [4.69, 9.17) is 16.2 Å². The van der Waals surface area contributed by atoms with E-state index in [9.17, 15) is 4.79 Å². The van der Waals surface area contributed by atoms with Gasteiger partial charge in [-0.3, -0.25) is 4.79 Å². The molecule has 2 aromatic rings. The summed E-state index contributed by atoms with van der Waals surface area (Å²) in [6, 6.07) is 6.76. The molecule has 0 bridgehead atoms. The zero-order valence-electron chi connectivity index (χ0n) is 10.9. The van der Waals surface area contributed by atoms with Crippen LogP contribution in [0.1, 0.15) is 23.0 Å². The van der Waals surface area contributed by atoms with Crippen molar-refractivity contribution in [2.45, 2.75) is 20.4 Å². The number of aromatic nitrogens is 2. The molecule has 4 N–H and O–H groups in total. The Morgan fingerprint density at radius 2 is 2.11 bits per heavy atom. The first-order valence-corrected chi connectivity index (χ1v) is 5.94. The number of benzene rings is 1. The second-order valence-corrected chi connectivity index (χ2v) is 4.08. The predicted molar refractivity (Wildman–Crippen MR) is 72.1 cm³/mol. The molecule has 0 spiro atoms. The highest BCUT2D eigenvalue weighted by molar-refractivity contribution is 5.95. The number of nitrogens with zero attached hydrogens (tertiary/aromatic N) is 2. The molecule has 0 saturated heterocycles. The van der Waals surface area contributed by atoms with Gasteiger partial charge in [-0.15, -0.1) is 0 Å². The van der Waals surface area contributed by atoms with Gasteiger partial charge in [0.2, 0.25) is 5.88 Å². The number of amides is 1. The molecule has 0 unspecified atom stereocenters. The zero-order chi connectivity index (χ0) is 14.0. The van der Waals surface area contributed by atoms with Crippen LogP contribution in [0.15, 0.2) is 24.3 Å². The van der Waals surface area contributed by atoms with Crippen molar-refractivity contribution in [2.24, 2.45) is 5.73 Å². The summed E-state index contributed by atoms with van der Waals surface area (Å²) in [7, 11) is 0. The Balaban J connectivity index is 2.44. The Morgan fingerprint density at radius 3 is 2.74 bits per heavy atom. The highest BCUT2D eigenvalue weighted by Crippen LogP contribution is 2.31. The van der Waals surface area contributed by atoms with Crippen molar-refractivity contribution in [1.29, 1.82) is 0 Å². The first-order chi connectivity index (χ1) is 9.04. The van der Waals surface area contributed by atoms with Crippen LogP contribution in [-0.4, -0.2) is 15.7 Å². The third kappa shape index (κ3) is 2.37. The number of rotatable bonds is 4. The van der Waals surface area contributed by atoms with Crippen molar-refractivity contribution in [3.05, 3.63) is 35.5 Å². The van der Waals surface area contributed by atoms with Gasteiger partial charge in [0.05, 0.1) is 11.3 Å². The number of primary amides is 1. The van der Waals surface area contributed by atoms with Crippen LogP contribution in [0.2, 0.25) is 0 Å². The maximum Gasteiger partial charge on any atom is 0.252 e. The molecular formula is C13H16N4O2. The fourth-order valence-electron chi connectivity index (χ4n) is 1.76. The smallest absolute Gasteiger partial charge is 0.252 e. The molecule has 100 valence electrons. The van der Waals surface area contributed by atoms with E-state index in [-0.39, 0.29) is 0 Å². The van der Waals surface area contributed by atoms with Gasteiger partial charge >= 0.3 is 0 Å². The minimum absolute atomic E-state index is 0.309. The maximum atomic E-state index is 11.3. The van der Waals surface area contributed by atoms with E-state index in [1.54, 1.807) is 35.9 Å². The lowest BCUT2D eigenvalue weighted by Gasteiger charge is -2.10. The summed E-state index contributed by atoms with van der Waals surface area (Å²) in [5.41, 5.74) is 12.7. The standard InChI is InChI=1S/C13H16N4O2/c1-3-17-13(11(14)8(2)16-17)19-10-7-5-4-6-9(10)12(15)18/h4-7H,3,14H2,1-2H3,(H2,15,18). The third-order valence-electron chi connectivity index (χ3n) is 2.78. The molecule has 6 nitrogen and oxygen atoms in total. The van der Waals surface area contributed by atoms with Gasteiger partial charge in [0.25, 0.3) is 5.91 Å². The molecule has 0 atom stereocenters. The van der Waals surface area contributed by atoms with Crippen molar-refractivity contribution >= 4 is 11.6 Å². The molecule has 1 heterocycles. The molecule has 1 amide bonds. The van der Waals surface area contributed by atoms with Gasteiger partial charge in [0.1, 0.15) is 11.4 Å². The molecule has 0 aliphatic carbocycles. The largest absolute Gasteiger partial charge is 0.436 e. The maximum absolute atomic E-state index is 11.3. The highest BCUT2D eigenvalue weighted by atomic mass is 16.5. The molecule has 0 aliphatic rings. The van der Waals surface area contributed by atoms with Crippen LogP contribution in [0.4, 0.5) is 5.69 Å². The van der Waals surface area contributed by atoms with Gasteiger partial charge in [0.15, 0.2) is 0 Å². The highest BCUT2D eigenvalue weighted by Gasteiger charge is 2.16. The first kappa shape index (κ1) is 12.9. The number of aryl methyl sites for hydroxylation is 2. The van der Waals surface area contributed by atoms with Crippen LogP contribution in [0.3, 0.4) is 0 Å². The molecule has 19 heavy (non-hydrogen) atoms. The van der Waals surface area contributed by atoms with Crippen LogP contribution in [0.5, 0.6) is 11.6 Å². The van der Waals surface area contributed by atoms with E-state index in [1.807, 2.05) is 6.92 Å². The van der Waals surface area contributed by atoms with Crippen molar-refractivity contribution in [3.8, 4) is 11.6 Å². The topological polar surface area (TPSA) is 96.2 Å². The van der Waals surface area contributed by atoms with Crippen LogP contribution in [0, 0.1) is 6.92 Å². The lowest BCUT2D eigenvalue weighted by molar-refractivity contribution is 0.0998. The number of hydrogen-bond acceptors (Lipinski definition) is 4. The normalized spacial score (nSPS) is 10.4. The number of ether oxygens (including phenoxy) is 1. The molecule has 1 aromatic heterocycles. The lowest BCUT2D eigenvalue weighted by Crippen LogP contribution is -2.12. The van der Waals surface area contributed by atoms with Crippen molar-refractivity contribution in [2.75, 3.05) is 5.73 Å². The van der Waals surface area contributed by atoms with Crippen molar-refractivity contribution in [3.63, 3.8) is 0 Å². The quantitative estimate of drug-likeness (QED) is 0.874. The molecule has 1 aromatic carbocycles. The Hall–Kier alpha value is -2.50. The summed E-state index contributed by atoms with van der Waals surface area (Å²) in [6.45, 7) is 4.35. The van der Waals surface area contributed by atoms with E-state index in [1.165, 1.54) is 0 Å². The number of para-hydroxylation sites is 1.